The van der Waals surface area contributed by atoms with Gasteiger partial charge in [-0.05, 0) is 25.7 Å². The van der Waals surface area contributed by atoms with Crippen molar-refractivity contribution in [2.75, 3.05) is 26.4 Å². The zero-order chi connectivity index (χ0) is 41.4. The molecule has 0 amide bonds. The number of ether oxygens (including phenoxy) is 4. The van der Waals surface area contributed by atoms with Gasteiger partial charge in [-0.3, -0.25) is 0 Å². The van der Waals surface area contributed by atoms with Crippen LogP contribution < -0.4 is 18.9 Å². The number of hydrogen-bond acceptors (Lipinski definition) is 8. The highest BCUT2D eigenvalue weighted by Gasteiger charge is 2.27. The molecule has 0 unspecified atom stereocenters. The summed E-state index contributed by atoms with van der Waals surface area (Å²) < 4.78 is 53.2. The van der Waals surface area contributed by atoms with Gasteiger partial charge in [0.1, 0.15) is 0 Å². The predicted molar refractivity (Wildman–Crippen MR) is 236 cm³/mol. The first-order chi connectivity index (χ1) is 27.8. The maximum atomic E-state index is 14.5. The van der Waals surface area contributed by atoms with Gasteiger partial charge in [-0.25, -0.2) is 8.42 Å². The number of unbranched alkanes of at least 4 members (excludes halogenated alkanes) is 24. The number of phenols is 2. The zero-order valence-corrected chi connectivity index (χ0v) is 37.5. The molecular weight excluding hydrogens is 737 g/mol. The van der Waals surface area contributed by atoms with Gasteiger partial charge < -0.3 is 29.2 Å². The lowest BCUT2D eigenvalue weighted by atomic mass is 10.1. The molecule has 328 valence electrons. The second-order valence-corrected chi connectivity index (χ2v) is 17.9. The fourth-order valence-electron chi connectivity index (χ4n) is 6.97. The van der Waals surface area contributed by atoms with Crippen molar-refractivity contribution in [3.63, 3.8) is 0 Å². The lowest BCUT2D eigenvalue weighted by Crippen LogP contribution is -2.08. The van der Waals surface area contributed by atoms with Crippen LogP contribution in [0, 0.1) is 0 Å². The summed E-state index contributed by atoms with van der Waals surface area (Å²) in [5.41, 5.74) is 0. The molecular formula is C48H82O8S. The summed E-state index contributed by atoms with van der Waals surface area (Å²) in [6, 6.07) is 5.55. The molecule has 0 atom stereocenters. The largest absolute Gasteiger partial charge is 0.502 e. The Labute approximate surface area is 348 Å². The molecule has 57 heavy (non-hydrogen) atoms. The van der Waals surface area contributed by atoms with Crippen LogP contribution in [0.4, 0.5) is 0 Å². The van der Waals surface area contributed by atoms with Crippen LogP contribution in [0.2, 0.25) is 0 Å². The predicted octanol–water partition coefficient (Wildman–Crippen LogP) is 14.4. The van der Waals surface area contributed by atoms with E-state index in [1.165, 1.54) is 127 Å². The van der Waals surface area contributed by atoms with Gasteiger partial charge in [0.2, 0.25) is 21.3 Å². The highest BCUT2D eigenvalue weighted by molar-refractivity contribution is 7.91. The monoisotopic (exact) mass is 819 g/mol. The molecule has 0 bridgehead atoms. The van der Waals surface area contributed by atoms with E-state index in [4.69, 9.17) is 18.9 Å². The standard InChI is InChI=1S/C48H82O8S/c1-5-9-13-17-21-25-29-33-53-43-37-41(38-44(47(43)49)54-34-30-26-22-18-14-10-6-2)57(51,52)42-39-45(55-35-31-27-23-19-15-11-7-3)48(50)46(40-42)56-36-32-28-24-20-16-12-8-4/h37-40,49-50H,5-36H2,1-4H3. The van der Waals surface area contributed by atoms with Crippen molar-refractivity contribution in [3.05, 3.63) is 24.3 Å². The smallest absolute Gasteiger partial charge is 0.207 e. The third-order valence-electron chi connectivity index (χ3n) is 10.7. The van der Waals surface area contributed by atoms with Crippen molar-refractivity contribution in [1.82, 2.24) is 0 Å². The topological polar surface area (TPSA) is 112 Å². The van der Waals surface area contributed by atoms with E-state index < -0.39 is 9.84 Å². The molecule has 2 rings (SSSR count). The average Bonchev–Trinajstić information content (AvgIpc) is 3.20. The van der Waals surface area contributed by atoms with Crippen LogP contribution in [0.15, 0.2) is 34.1 Å². The van der Waals surface area contributed by atoms with Gasteiger partial charge in [0, 0.05) is 24.3 Å². The van der Waals surface area contributed by atoms with E-state index in [1.807, 2.05) is 0 Å². The molecule has 0 aliphatic heterocycles. The summed E-state index contributed by atoms with van der Waals surface area (Å²) >= 11 is 0. The first kappa shape index (κ1) is 50.3. The number of benzene rings is 2. The van der Waals surface area contributed by atoms with E-state index in [0.29, 0.717) is 26.4 Å². The normalized spacial score (nSPS) is 11.6. The Morgan fingerprint density at radius 2 is 0.544 bits per heavy atom. The van der Waals surface area contributed by atoms with Crippen LogP contribution >= 0.6 is 0 Å². The van der Waals surface area contributed by atoms with Crippen LogP contribution in [-0.4, -0.2) is 45.1 Å². The van der Waals surface area contributed by atoms with E-state index in [1.54, 1.807) is 0 Å². The quantitative estimate of drug-likeness (QED) is 0.0644. The molecule has 0 radical (unpaired) electrons. The van der Waals surface area contributed by atoms with Gasteiger partial charge in [0.15, 0.2) is 23.0 Å². The molecule has 0 heterocycles. The molecule has 0 spiro atoms. The second-order valence-electron chi connectivity index (χ2n) is 15.9. The molecule has 2 N–H and O–H groups in total. The zero-order valence-electron chi connectivity index (χ0n) is 36.7. The van der Waals surface area contributed by atoms with Crippen LogP contribution in [0.1, 0.15) is 207 Å². The van der Waals surface area contributed by atoms with Crippen LogP contribution in [-0.2, 0) is 9.84 Å². The van der Waals surface area contributed by atoms with E-state index in [0.717, 1.165) is 77.0 Å². The second kappa shape index (κ2) is 32.1. The van der Waals surface area contributed by atoms with Crippen molar-refractivity contribution < 1.29 is 37.6 Å². The first-order valence-corrected chi connectivity index (χ1v) is 24.8. The Balaban J connectivity index is 2.32. The average molecular weight is 819 g/mol. The number of aromatic hydroxyl groups is 2. The van der Waals surface area contributed by atoms with Gasteiger partial charge in [0.05, 0.1) is 36.2 Å². The lowest BCUT2D eigenvalue weighted by Gasteiger charge is -2.17. The highest BCUT2D eigenvalue weighted by atomic mass is 32.2. The summed E-state index contributed by atoms with van der Waals surface area (Å²) in [5.74, 6) is -0.0455. The summed E-state index contributed by atoms with van der Waals surface area (Å²) in [7, 11) is -4.20. The fourth-order valence-corrected chi connectivity index (χ4v) is 8.29. The Hall–Kier alpha value is -2.81. The fraction of sp³-hybridized carbons (Fsp3) is 0.750. The third kappa shape index (κ3) is 21.1. The highest BCUT2D eigenvalue weighted by Crippen LogP contribution is 2.44. The van der Waals surface area contributed by atoms with Crippen molar-refractivity contribution in [1.29, 1.82) is 0 Å². The molecule has 0 saturated heterocycles. The Morgan fingerprint density at radius 1 is 0.351 bits per heavy atom. The molecule has 0 aliphatic carbocycles. The molecule has 0 aromatic heterocycles. The minimum absolute atomic E-state index is 0.0637. The van der Waals surface area contributed by atoms with E-state index >= 15 is 0 Å². The molecule has 2 aromatic rings. The summed E-state index contributed by atoms with van der Waals surface area (Å²) in [5, 5.41) is 22.5. The number of hydrogen-bond donors (Lipinski definition) is 2. The molecule has 9 heteroatoms. The van der Waals surface area contributed by atoms with Gasteiger partial charge in [-0.1, -0.05) is 182 Å². The summed E-state index contributed by atoms with van der Waals surface area (Å²) in [6.07, 6.45) is 31.1. The van der Waals surface area contributed by atoms with E-state index in [9.17, 15) is 18.6 Å². The van der Waals surface area contributed by atoms with Crippen molar-refractivity contribution in [2.45, 2.75) is 217 Å². The summed E-state index contributed by atoms with van der Waals surface area (Å²) in [6.45, 7) is 10.2. The van der Waals surface area contributed by atoms with Gasteiger partial charge in [0.25, 0.3) is 0 Å². The molecule has 8 nitrogen and oxygen atoms in total. The maximum absolute atomic E-state index is 14.5. The van der Waals surface area contributed by atoms with Gasteiger partial charge in [-0.2, -0.15) is 0 Å². The van der Waals surface area contributed by atoms with Gasteiger partial charge >= 0.3 is 0 Å². The molecule has 2 aromatic carbocycles. The van der Waals surface area contributed by atoms with Crippen molar-refractivity contribution in [2.24, 2.45) is 0 Å². The summed E-state index contributed by atoms with van der Waals surface area (Å²) in [4.78, 5) is -0.127. The van der Waals surface area contributed by atoms with Gasteiger partial charge in [-0.15, -0.1) is 0 Å². The Morgan fingerprint density at radius 3 is 0.754 bits per heavy atom. The van der Waals surface area contributed by atoms with Crippen LogP contribution in [0.25, 0.3) is 0 Å². The van der Waals surface area contributed by atoms with Crippen LogP contribution in [0.3, 0.4) is 0 Å². The number of sulfone groups is 1. The molecule has 0 aliphatic rings. The lowest BCUT2D eigenvalue weighted by molar-refractivity contribution is 0.262. The van der Waals surface area contributed by atoms with E-state index in [-0.39, 0.29) is 44.3 Å². The SMILES string of the molecule is CCCCCCCCCOc1cc(S(=O)(=O)c2cc(OCCCCCCCCC)c(O)c(OCCCCCCCCC)c2)cc(OCCCCCCCCC)c1O. The maximum Gasteiger partial charge on any atom is 0.207 e. The van der Waals surface area contributed by atoms with Crippen molar-refractivity contribution >= 4 is 9.84 Å². The first-order valence-electron chi connectivity index (χ1n) is 23.3. The molecule has 0 fully saturated rings. The third-order valence-corrected chi connectivity index (χ3v) is 12.4. The number of phenolic OH excluding ortho intramolecular Hbond substituents is 2. The van der Waals surface area contributed by atoms with E-state index in [2.05, 4.69) is 27.7 Å². The Kier molecular flexibility index (Phi) is 28.3. The Bertz CT molecular complexity index is 1230. The van der Waals surface area contributed by atoms with Crippen LogP contribution in [0.5, 0.6) is 34.5 Å². The molecule has 0 saturated carbocycles. The minimum atomic E-state index is -4.20. The minimum Gasteiger partial charge on any atom is -0.502 e. The number of rotatable bonds is 38. The van der Waals surface area contributed by atoms with Crippen molar-refractivity contribution in [3.8, 4) is 34.5 Å².